The molecule has 3 heterocycles. The van der Waals surface area contributed by atoms with E-state index in [9.17, 15) is 18.8 Å². The lowest BCUT2D eigenvalue weighted by Gasteiger charge is -2.14. The van der Waals surface area contributed by atoms with Crippen LogP contribution in [0.3, 0.4) is 0 Å². The average Bonchev–Trinajstić information content (AvgIpc) is 3.50. The van der Waals surface area contributed by atoms with Gasteiger partial charge in [0.2, 0.25) is 17.7 Å². The number of nitrogens with zero attached hydrogens (tertiary/aromatic N) is 4. The van der Waals surface area contributed by atoms with Crippen LogP contribution in [0, 0.1) is 5.82 Å². The number of halogens is 1. The molecular weight excluding hydrogens is 475 g/mol. The average molecular weight is 498 g/mol. The van der Waals surface area contributed by atoms with E-state index >= 15 is 0 Å². The molecule has 1 saturated heterocycles. The van der Waals surface area contributed by atoms with E-state index in [4.69, 9.17) is 14.2 Å². The molecule has 0 unspecified atom stereocenters. The van der Waals surface area contributed by atoms with E-state index in [0.29, 0.717) is 17.3 Å². The quantitative estimate of drug-likeness (QED) is 0.482. The number of carbonyl (C=O) groups is 3. The molecule has 3 amide bonds. The number of rotatable bonds is 8. The number of amides is 3. The number of carbonyl (C=O) groups excluding carboxylic acids is 3. The molecule has 188 valence electrons. The van der Waals surface area contributed by atoms with E-state index in [2.05, 4.69) is 20.6 Å². The van der Waals surface area contributed by atoms with Crippen molar-refractivity contribution >= 4 is 29.3 Å². The lowest BCUT2D eigenvalue weighted by atomic mass is 10.2. The summed E-state index contributed by atoms with van der Waals surface area (Å²) in [6, 6.07) is 7.33. The molecule has 2 N–H and O–H groups in total. The first-order chi connectivity index (χ1) is 17.3. The minimum absolute atomic E-state index is 0.0280. The highest BCUT2D eigenvalue weighted by atomic mass is 19.1. The van der Waals surface area contributed by atoms with Gasteiger partial charge in [0.1, 0.15) is 29.6 Å². The number of cyclic esters (lactones) is 1. The summed E-state index contributed by atoms with van der Waals surface area (Å²) in [5.74, 6) is -0.966. The molecule has 36 heavy (non-hydrogen) atoms. The number of nitrogens with one attached hydrogen (secondary N) is 2. The van der Waals surface area contributed by atoms with Gasteiger partial charge >= 0.3 is 6.09 Å². The first-order valence-corrected chi connectivity index (χ1v) is 10.8. The molecule has 1 aliphatic rings. The topological polar surface area (TPSA) is 137 Å². The summed E-state index contributed by atoms with van der Waals surface area (Å²) in [4.78, 5) is 45.4. The van der Waals surface area contributed by atoms with Crippen molar-refractivity contribution < 1.29 is 33.0 Å². The number of anilines is 2. The van der Waals surface area contributed by atoms with Crippen molar-refractivity contribution in [1.82, 2.24) is 19.9 Å². The third kappa shape index (κ3) is 5.19. The summed E-state index contributed by atoms with van der Waals surface area (Å²) in [7, 11) is 2.86. The Hall–Kier alpha value is -4.68. The maximum Gasteiger partial charge on any atom is 0.414 e. The lowest BCUT2D eigenvalue weighted by Crippen LogP contribution is -2.33. The van der Waals surface area contributed by atoms with E-state index in [1.807, 2.05) is 0 Å². The Kier molecular flexibility index (Phi) is 6.99. The summed E-state index contributed by atoms with van der Waals surface area (Å²) >= 11 is 0. The van der Waals surface area contributed by atoms with Gasteiger partial charge in [0.25, 0.3) is 5.91 Å². The summed E-state index contributed by atoms with van der Waals surface area (Å²) in [5.41, 5.74) is 0.753. The van der Waals surface area contributed by atoms with Crippen molar-refractivity contribution in [3.8, 4) is 17.4 Å². The van der Waals surface area contributed by atoms with Crippen LogP contribution in [-0.4, -0.2) is 65.9 Å². The fourth-order valence-electron chi connectivity index (χ4n) is 3.52. The van der Waals surface area contributed by atoms with Crippen LogP contribution in [-0.2, 0) is 9.53 Å². The molecule has 0 radical (unpaired) electrons. The molecule has 4 rings (SSSR count). The van der Waals surface area contributed by atoms with Gasteiger partial charge in [-0.1, -0.05) is 0 Å². The van der Waals surface area contributed by atoms with E-state index in [1.165, 1.54) is 55.3 Å². The normalized spacial score (nSPS) is 14.8. The summed E-state index contributed by atoms with van der Waals surface area (Å²) in [6.45, 7) is 1.69. The number of methoxy groups -OCH3 is 2. The SMILES string of the molecule is COc1ccc(NC(=O)c2cn(-c3ccc(N4C[C@H](CNC(C)=O)OC4=O)cc3F)cn2)c(OC)n1. The van der Waals surface area contributed by atoms with Gasteiger partial charge in [0.05, 0.1) is 38.7 Å². The zero-order valence-electron chi connectivity index (χ0n) is 19.6. The molecular formula is C23H23FN6O6. The van der Waals surface area contributed by atoms with Crippen molar-refractivity contribution in [2.24, 2.45) is 0 Å². The fourth-order valence-corrected chi connectivity index (χ4v) is 3.52. The number of ether oxygens (including phenoxy) is 3. The van der Waals surface area contributed by atoms with Crippen molar-refractivity contribution in [1.29, 1.82) is 0 Å². The van der Waals surface area contributed by atoms with Gasteiger partial charge in [-0.05, 0) is 24.3 Å². The number of hydrogen-bond acceptors (Lipinski definition) is 8. The van der Waals surface area contributed by atoms with Gasteiger partial charge in [0, 0.05) is 19.2 Å². The number of hydrogen-bond donors (Lipinski definition) is 2. The highest BCUT2D eigenvalue weighted by molar-refractivity contribution is 6.03. The Morgan fingerprint density at radius 3 is 2.72 bits per heavy atom. The first-order valence-electron chi connectivity index (χ1n) is 10.8. The fraction of sp³-hybridized carbons (Fsp3) is 0.261. The van der Waals surface area contributed by atoms with Crippen molar-refractivity contribution in [3.63, 3.8) is 0 Å². The van der Waals surface area contributed by atoms with Crippen LogP contribution < -0.4 is 25.0 Å². The predicted octanol–water partition coefficient (Wildman–Crippen LogP) is 2.14. The van der Waals surface area contributed by atoms with Gasteiger partial charge in [-0.2, -0.15) is 4.98 Å². The number of aromatic nitrogens is 3. The Labute approximate surface area is 205 Å². The van der Waals surface area contributed by atoms with Crippen LogP contribution in [0.1, 0.15) is 17.4 Å². The zero-order valence-corrected chi connectivity index (χ0v) is 19.6. The van der Waals surface area contributed by atoms with Crippen molar-refractivity contribution in [3.05, 3.63) is 54.4 Å². The van der Waals surface area contributed by atoms with Crippen LogP contribution in [0.4, 0.5) is 20.6 Å². The van der Waals surface area contributed by atoms with Crippen molar-refractivity contribution in [2.75, 3.05) is 37.5 Å². The van der Waals surface area contributed by atoms with Gasteiger partial charge < -0.3 is 29.4 Å². The molecule has 12 nitrogen and oxygen atoms in total. The number of imidazole rings is 1. The molecule has 13 heteroatoms. The van der Waals surface area contributed by atoms with E-state index in [1.54, 1.807) is 18.2 Å². The molecule has 3 aromatic rings. The van der Waals surface area contributed by atoms with Crippen molar-refractivity contribution in [2.45, 2.75) is 13.0 Å². The maximum absolute atomic E-state index is 15.0. The molecule has 0 saturated carbocycles. The lowest BCUT2D eigenvalue weighted by molar-refractivity contribution is -0.119. The smallest absolute Gasteiger partial charge is 0.414 e. The molecule has 0 aliphatic carbocycles. The van der Waals surface area contributed by atoms with E-state index in [-0.39, 0.29) is 36.3 Å². The van der Waals surface area contributed by atoms with Crippen LogP contribution >= 0.6 is 0 Å². The highest BCUT2D eigenvalue weighted by Crippen LogP contribution is 2.27. The second kappa shape index (κ2) is 10.3. The molecule has 1 fully saturated rings. The first kappa shape index (κ1) is 24.4. The van der Waals surface area contributed by atoms with Gasteiger partial charge in [-0.25, -0.2) is 14.2 Å². The maximum atomic E-state index is 15.0. The Balaban J connectivity index is 1.47. The zero-order chi connectivity index (χ0) is 25.8. The number of pyridine rings is 1. The summed E-state index contributed by atoms with van der Waals surface area (Å²) < 4.78 is 31.7. The minimum Gasteiger partial charge on any atom is -0.481 e. The Bertz CT molecular complexity index is 1310. The monoisotopic (exact) mass is 498 g/mol. The van der Waals surface area contributed by atoms with Gasteiger partial charge in [0.15, 0.2) is 0 Å². The van der Waals surface area contributed by atoms with Crippen LogP contribution in [0.25, 0.3) is 5.69 Å². The second-order valence-corrected chi connectivity index (χ2v) is 7.72. The van der Waals surface area contributed by atoms with E-state index in [0.717, 1.165) is 0 Å². The van der Waals surface area contributed by atoms with E-state index < -0.39 is 23.9 Å². The minimum atomic E-state index is -0.643. The van der Waals surface area contributed by atoms with Gasteiger partial charge in [-0.15, -0.1) is 0 Å². The Morgan fingerprint density at radius 2 is 2.03 bits per heavy atom. The molecule has 0 bridgehead atoms. The molecule has 1 atom stereocenters. The Morgan fingerprint density at radius 1 is 1.22 bits per heavy atom. The summed E-state index contributed by atoms with van der Waals surface area (Å²) in [5, 5.41) is 5.23. The summed E-state index contributed by atoms with van der Waals surface area (Å²) in [6.07, 6.45) is 1.48. The molecule has 0 spiro atoms. The largest absolute Gasteiger partial charge is 0.481 e. The molecule has 1 aliphatic heterocycles. The third-order valence-electron chi connectivity index (χ3n) is 5.27. The van der Waals surface area contributed by atoms with Crippen LogP contribution in [0.15, 0.2) is 42.9 Å². The predicted molar refractivity (Wildman–Crippen MR) is 125 cm³/mol. The highest BCUT2D eigenvalue weighted by Gasteiger charge is 2.32. The number of benzene rings is 1. The molecule has 1 aromatic carbocycles. The second-order valence-electron chi connectivity index (χ2n) is 7.72. The standard InChI is InChI=1S/C23H23FN6O6/c1-13(31)25-9-15-10-30(23(33)36-15)14-4-6-19(16(24)8-14)29-11-18(26-12-29)21(32)27-17-5-7-20(34-2)28-22(17)35-3/h4-8,11-12,15H,9-10H2,1-3H3,(H,25,31)(H,27,32)/t15-/m0/s1. The van der Waals surface area contributed by atoms with Crippen LogP contribution in [0.5, 0.6) is 11.8 Å². The van der Waals surface area contributed by atoms with Crippen LogP contribution in [0.2, 0.25) is 0 Å². The van der Waals surface area contributed by atoms with Gasteiger partial charge in [-0.3, -0.25) is 14.5 Å². The third-order valence-corrected chi connectivity index (χ3v) is 5.27. The molecule has 2 aromatic heterocycles.